The van der Waals surface area contributed by atoms with Gasteiger partial charge in [-0.05, 0) is 44.8 Å². The number of methoxy groups -OCH3 is 1. The van der Waals surface area contributed by atoms with Crippen LogP contribution >= 0.6 is 11.8 Å². The van der Waals surface area contributed by atoms with E-state index in [9.17, 15) is 57.5 Å². The van der Waals surface area contributed by atoms with Crippen LogP contribution in [0.5, 0.6) is 11.5 Å². The van der Waals surface area contributed by atoms with Gasteiger partial charge in [0.25, 0.3) is 35.4 Å². The van der Waals surface area contributed by atoms with Gasteiger partial charge >= 0.3 is 46.1 Å². The number of carbonyl (C=O) groups excluding carboxylic acids is 11. The zero-order chi connectivity index (χ0) is 59.5. The Morgan fingerprint density at radius 1 is 0.747 bits per heavy atom. The number of aliphatic carboxylic acids is 1. The van der Waals surface area contributed by atoms with Crippen molar-refractivity contribution in [2.75, 3.05) is 97.8 Å². The van der Waals surface area contributed by atoms with E-state index >= 15 is 0 Å². The molecule has 0 aromatic heterocycles. The second kappa shape index (κ2) is 42.0. The first-order valence-corrected chi connectivity index (χ1v) is 26.7. The molecule has 11 N–H and O–H groups in total. The Bertz CT molecular complexity index is 2310. The molecule has 4 rings (SSSR count). The summed E-state index contributed by atoms with van der Waals surface area (Å²) in [6, 6.07) is 4.52. The van der Waals surface area contributed by atoms with Crippen LogP contribution in [0.2, 0.25) is 0 Å². The SMILES string of the molecule is C.C.CCN(CC)CCN(CC)C(=O)Oc1ccc(C(CNC(=O)CSC2=CC(=O)N(CCC(=O)NC)C2=O)OC(=O)NC(N)N)cc1OC.CN.CNC(=O)CCN1C(=O)C=CC1=O.O=C(O)CCN1C(=O)C=CC1=O.[2H][I-]C. The molecule has 446 valence electrons. The fourth-order valence-corrected chi connectivity index (χ4v) is 7.03. The standard InChI is InChI=1S/C30H46N8O9S.C8H10N2O3.C7H7NO4.CH4I.CH5N.2CH4/c1-6-36(7-2)13-14-37(8-3)30(44)47-20-10-9-19(15-21(20)45-5)22(46-29(43)35-28(31)32)17-34-25(40)18-48-23-16-26(41)38(27(23)42)12-11-24(39)33-4;1-9-6(11)4-5-10-7(12)2-3-8(10)13;9-5-1-2-6(10)8(5)4-3-7(11)12;2*1-2;;/h9-10,15-16,22,28H,6-8,11-14,17-18,31-32H2,1-5H3,(H,33,39)(H,34,40)(H,35,43);2-3H,4-5H2,1H3,(H,9,11);1-2H,3-4H2,(H,11,12);2H,1H3;2H2,1H3;2*1H4/q;;;-1;;;/i;;;2D;;;. The Morgan fingerprint density at radius 3 is 1.68 bits per heavy atom. The molecule has 30 heteroatoms. The summed E-state index contributed by atoms with van der Waals surface area (Å²) in [5, 5.41) is 17.9. The molecule has 3 aliphatic rings. The summed E-state index contributed by atoms with van der Waals surface area (Å²) in [5.74, 6) is -4.77. The number of nitrogens with two attached hydrogens (primary N) is 3. The predicted molar refractivity (Wildman–Crippen MR) is 291 cm³/mol. The number of alkyl carbamates (subject to hydrolysis) is 1. The molecular formula is C49H80IN12O16S-. The number of hydrogen-bond acceptors (Lipinski definition) is 20. The molecule has 0 aliphatic carbocycles. The summed E-state index contributed by atoms with van der Waals surface area (Å²) < 4.78 is 22.9. The van der Waals surface area contributed by atoms with Crippen molar-refractivity contribution in [1.29, 1.82) is 0.594 Å². The van der Waals surface area contributed by atoms with Gasteiger partial charge in [-0.15, -0.1) is 11.8 Å². The number of nitrogens with one attached hydrogen (secondary N) is 4. The number of amides is 11. The average Bonchev–Trinajstić information content (AvgIpc) is 4.02. The van der Waals surface area contributed by atoms with E-state index < -0.39 is 60.1 Å². The number of likely N-dealkylation sites (N-methyl/N-ethyl adjacent to an activating group) is 2. The molecule has 3 heterocycles. The number of imide groups is 3. The second-order valence-electron chi connectivity index (χ2n) is 15.2. The van der Waals surface area contributed by atoms with Crippen molar-refractivity contribution < 1.29 is 99.2 Å². The molecule has 11 amide bonds. The molecular weight excluding hydrogens is 1170 g/mol. The Labute approximate surface area is 479 Å². The van der Waals surface area contributed by atoms with Crippen molar-refractivity contribution in [3.05, 3.63) is 59.0 Å². The molecule has 0 spiro atoms. The van der Waals surface area contributed by atoms with Crippen molar-refractivity contribution >= 4 is 83.1 Å². The Morgan fingerprint density at radius 2 is 1.24 bits per heavy atom. The van der Waals surface area contributed by atoms with E-state index in [2.05, 4.69) is 31.9 Å². The summed E-state index contributed by atoms with van der Waals surface area (Å²) in [6.07, 6.45) is 1.86. The minimum atomic E-state index is -1.21. The predicted octanol–water partition coefficient (Wildman–Crippen LogP) is -3.75. The van der Waals surface area contributed by atoms with Crippen molar-refractivity contribution in [3.8, 4) is 11.5 Å². The van der Waals surface area contributed by atoms with Gasteiger partial charge in [-0.3, -0.25) is 79.4 Å². The molecule has 0 radical (unpaired) electrons. The van der Waals surface area contributed by atoms with Crippen LogP contribution in [0, 0.1) is 0 Å². The minimum absolute atomic E-state index is 0. The normalized spacial score (nSPS) is 13.4. The number of carboxylic acids is 1. The van der Waals surface area contributed by atoms with Gasteiger partial charge in [-0.2, -0.15) is 0 Å². The molecule has 3 aliphatic heterocycles. The summed E-state index contributed by atoms with van der Waals surface area (Å²) in [4.78, 5) is 147. The number of carboxylic acid groups (broad SMARTS) is 1. The average molecular weight is 1250 g/mol. The quantitative estimate of drug-likeness (QED) is 0.0202. The number of halogens is 1. The van der Waals surface area contributed by atoms with Crippen LogP contribution in [0.15, 0.2) is 53.5 Å². The number of rotatable bonds is 25. The van der Waals surface area contributed by atoms with Crippen LogP contribution in [0.4, 0.5) is 9.59 Å². The summed E-state index contributed by atoms with van der Waals surface area (Å²) in [5.41, 5.74) is 15.8. The number of alkyl halides is 1. The summed E-state index contributed by atoms with van der Waals surface area (Å²) >= 11 is 0.691. The molecule has 1 atom stereocenters. The maximum absolute atomic E-state index is 12.9. The Kier molecular flexibility index (Phi) is 39.4. The topological polar surface area (TPSA) is 395 Å². The number of carbonyl (C=O) groups is 12. The van der Waals surface area contributed by atoms with E-state index in [1.807, 2.05) is 25.7 Å². The van der Waals surface area contributed by atoms with E-state index in [1.54, 1.807) is 11.0 Å². The molecule has 28 nitrogen and oxygen atoms in total. The third-order valence-electron chi connectivity index (χ3n) is 10.4. The molecule has 1 unspecified atom stereocenters. The molecule has 0 saturated heterocycles. The number of benzene rings is 1. The number of ether oxygens (including phenoxy) is 3. The van der Waals surface area contributed by atoms with Crippen molar-refractivity contribution in [1.82, 2.24) is 45.8 Å². The van der Waals surface area contributed by atoms with Crippen LogP contribution in [-0.4, -0.2) is 206 Å². The van der Waals surface area contributed by atoms with Gasteiger partial charge in [0.05, 0.1) is 30.7 Å². The van der Waals surface area contributed by atoms with Gasteiger partial charge < -0.3 is 50.8 Å². The van der Waals surface area contributed by atoms with E-state index in [4.69, 9.17) is 31.4 Å². The van der Waals surface area contributed by atoms with Crippen LogP contribution in [-0.2, 0) is 52.7 Å². The van der Waals surface area contributed by atoms with E-state index in [-0.39, 0.29) is 128 Å². The van der Waals surface area contributed by atoms with Gasteiger partial charge in [0.1, 0.15) is 12.4 Å². The van der Waals surface area contributed by atoms with Gasteiger partial charge in [-0.25, -0.2) is 9.59 Å². The summed E-state index contributed by atoms with van der Waals surface area (Å²) in [7, 11) is 5.84. The van der Waals surface area contributed by atoms with E-state index in [0.29, 0.717) is 25.2 Å². The first-order chi connectivity index (χ1) is 37.0. The third kappa shape index (κ3) is 27.9. The van der Waals surface area contributed by atoms with E-state index in [1.165, 1.54) is 52.5 Å². The summed E-state index contributed by atoms with van der Waals surface area (Å²) in [6.45, 7) is 9.04. The molecule has 0 fully saturated rings. The second-order valence-corrected chi connectivity index (χ2v) is 16.2. The Hall–Kier alpha value is -7.00. The van der Waals surface area contributed by atoms with Gasteiger partial charge in [0.15, 0.2) is 11.5 Å². The molecule has 1 aromatic rings. The molecule has 79 heavy (non-hydrogen) atoms. The van der Waals surface area contributed by atoms with Crippen LogP contribution in [0.25, 0.3) is 0 Å². The van der Waals surface area contributed by atoms with Crippen LogP contribution < -0.4 is 70.3 Å². The van der Waals surface area contributed by atoms with Gasteiger partial charge in [0, 0.05) is 96.6 Å². The van der Waals surface area contributed by atoms with Crippen molar-refractivity contribution in [2.24, 2.45) is 17.2 Å². The third-order valence-corrected chi connectivity index (χ3v) is 11.4. The van der Waals surface area contributed by atoms with Gasteiger partial charge in [0.2, 0.25) is 17.7 Å². The zero-order valence-electron chi connectivity index (χ0n) is 45.3. The monoisotopic (exact) mass is 1250 g/mol. The zero-order valence-corrected chi connectivity index (χ0v) is 47.3. The molecule has 0 bridgehead atoms. The van der Waals surface area contributed by atoms with Crippen molar-refractivity contribution in [2.45, 2.75) is 67.3 Å². The molecule has 1 aromatic carbocycles. The first-order valence-electron chi connectivity index (χ1n) is 24.0. The Balaban J connectivity index is -0.00000149. The fourth-order valence-electron chi connectivity index (χ4n) is 6.22. The number of nitrogens with zero attached hydrogens (tertiary/aromatic N) is 5. The fraction of sp³-hybridized carbons (Fsp3) is 0.510. The van der Waals surface area contributed by atoms with Crippen LogP contribution in [0.1, 0.15) is 66.6 Å². The first kappa shape index (κ1) is 74.1. The number of hydrogen-bond donors (Lipinski definition) is 8. The van der Waals surface area contributed by atoms with E-state index in [0.717, 1.165) is 57.8 Å². The maximum atomic E-state index is 12.9. The van der Waals surface area contributed by atoms with Crippen molar-refractivity contribution in [3.63, 3.8) is 0 Å². The molecule has 0 saturated carbocycles. The number of thioether (sulfide) groups is 1. The van der Waals surface area contributed by atoms with Gasteiger partial charge in [-0.1, -0.05) is 34.8 Å². The van der Waals surface area contributed by atoms with Crippen LogP contribution in [0.3, 0.4) is 0 Å².